The molecule has 313 valence electrons. The summed E-state index contributed by atoms with van der Waals surface area (Å²) < 4.78 is 100. The fraction of sp³-hybridized carbons (Fsp3) is 0.222. The first-order chi connectivity index (χ1) is 31.3. The van der Waals surface area contributed by atoms with Crippen LogP contribution in [0.15, 0.2) is 152 Å². The molecule has 2 heterocycles. The molecular formula is C54H50F3IrN3-2. The third-order valence-electron chi connectivity index (χ3n) is 10.3. The molecule has 0 fully saturated rings. The summed E-state index contributed by atoms with van der Waals surface area (Å²) in [6, 6.07) is 50.0. The van der Waals surface area contributed by atoms with Crippen molar-refractivity contribution in [1.82, 2.24) is 14.5 Å². The molecule has 0 atom stereocenters. The van der Waals surface area contributed by atoms with E-state index in [4.69, 9.17) is 14.6 Å². The van der Waals surface area contributed by atoms with Crippen LogP contribution in [0.1, 0.15) is 85.2 Å². The number of para-hydroxylation sites is 3. The molecule has 8 rings (SSSR count). The van der Waals surface area contributed by atoms with Gasteiger partial charge >= 0.3 is 6.18 Å². The summed E-state index contributed by atoms with van der Waals surface area (Å²) >= 11 is 0. The number of nitrogens with zero attached hydrogens (tertiary/aromatic N) is 3. The minimum absolute atomic E-state index is 0. The average molecular weight is 997 g/mol. The fourth-order valence-corrected chi connectivity index (χ4v) is 6.96. The van der Waals surface area contributed by atoms with Crippen molar-refractivity contribution in [3.05, 3.63) is 186 Å². The van der Waals surface area contributed by atoms with Crippen molar-refractivity contribution >= 4 is 11.0 Å². The molecule has 0 unspecified atom stereocenters. The Morgan fingerprint density at radius 1 is 0.721 bits per heavy atom. The molecule has 2 aromatic heterocycles. The van der Waals surface area contributed by atoms with Crippen LogP contribution in [0, 0.1) is 24.4 Å². The van der Waals surface area contributed by atoms with Crippen molar-refractivity contribution < 1.29 is 42.9 Å². The zero-order valence-electron chi connectivity index (χ0n) is 41.7. The Labute approximate surface area is 382 Å². The minimum Gasteiger partial charge on any atom is -0.333 e. The van der Waals surface area contributed by atoms with Gasteiger partial charge in [0, 0.05) is 41.6 Å². The maximum atomic E-state index is 13.3. The number of aryl methyl sites for hydroxylation is 1. The Hall–Kier alpha value is -5.62. The molecule has 61 heavy (non-hydrogen) atoms. The van der Waals surface area contributed by atoms with Crippen LogP contribution >= 0.6 is 0 Å². The second-order valence-electron chi connectivity index (χ2n) is 15.5. The van der Waals surface area contributed by atoms with Gasteiger partial charge in [0.1, 0.15) is 0 Å². The first-order valence-corrected chi connectivity index (χ1v) is 19.7. The third-order valence-corrected chi connectivity index (χ3v) is 10.3. The Morgan fingerprint density at radius 2 is 1.38 bits per heavy atom. The molecule has 0 saturated heterocycles. The molecule has 0 bridgehead atoms. The molecule has 6 aromatic carbocycles. The van der Waals surface area contributed by atoms with Gasteiger partial charge in [0.2, 0.25) is 0 Å². The van der Waals surface area contributed by atoms with Crippen molar-refractivity contribution in [3.8, 4) is 50.6 Å². The largest absolute Gasteiger partial charge is 0.394 e. The molecule has 0 aliphatic rings. The van der Waals surface area contributed by atoms with Gasteiger partial charge in [0.25, 0.3) is 0 Å². The molecule has 7 heteroatoms. The first kappa shape index (κ1) is 36.1. The smallest absolute Gasteiger partial charge is 0.333 e. The number of imidazole rings is 1. The average Bonchev–Trinajstić information content (AvgIpc) is 3.68. The molecule has 0 aliphatic carbocycles. The monoisotopic (exact) mass is 997 g/mol. The number of aromatic nitrogens is 3. The number of hydrogen-bond acceptors (Lipinski definition) is 2. The predicted octanol–water partition coefficient (Wildman–Crippen LogP) is 15.1. The van der Waals surface area contributed by atoms with Crippen molar-refractivity contribution in [1.29, 1.82) is 0 Å². The van der Waals surface area contributed by atoms with Crippen LogP contribution in [0.4, 0.5) is 13.2 Å². The molecule has 0 aliphatic heterocycles. The van der Waals surface area contributed by atoms with Crippen molar-refractivity contribution in [2.24, 2.45) is 5.41 Å². The van der Waals surface area contributed by atoms with E-state index in [9.17, 15) is 13.2 Å². The van der Waals surface area contributed by atoms with E-state index in [1.165, 1.54) is 12.1 Å². The molecule has 0 amide bonds. The summed E-state index contributed by atoms with van der Waals surface area (Å²) in [6.07, 6.45) is -5.54. The zero-order valence-corrected chi connectivity index (χ0v) is 37.1. The Balaban J connectivity index is 0.000000233. The normalized spacial score (nSPS) is 14.1. The number of benzene rings is 6. The molecule has 0 spiro atoms. The van der Waals surface area contributed by atoms with Gasteiger partial charge < -0.3 is 9.55 Å². The maximum absolute atomic E-state index is 13.3. The van der Waals surface area contributed by atoms with Crippen LogP contribution in [0.5, 0.6) is 0 Å². The number of alkyl halides is 3. The standard InChI is InChI=1S/C32H31N2.C22H19F3N.Ir/c1-21(2)26-14-11-15-27(22(3)4)31(26)34-30-17-10-9-16-29(30)33-32(34)25-19-18-23(5)28(20-25)24-12-7-6-8-13-24;1-21(2,22(23,24)25)14-16-8-10-17(11-9-16)19-12-13-20(26-15-19)18-6-4-3-5-7-18;/h6-18,20-22H,1-5H3;3-6,8-13,15H,14H2,1-2H3;/q2*-1;/i5D3,21D,22D;14D2;. The quantitative estimate of drug-likeness (QED) is 0.135. The van der Waals surface area contributed by atoms with E-state index < -0.39 is 36.6 Å². The van der Waals surface area contributed by atoms with E-state index in [1.807, 2.05) is 141 Å². The number of pyridine rings is 1. The van der Waals surface area contributed by atoms with Gasteiger partial charge in [-0.05, 0) is 69.4 Å². The summed E-state index contributed by atoms with van der Waals surface area (Å²) in [7, 11) is 0. The summed E-state index contributed by atoms with van der Waals surface area (Å²) in [6.45, 7) is 6.82. The van der Waals surface area contributed by atoms with Crippen LogP contribution in [0.2, 0.25) is 0 Å². The van der Waals surface area contributed by atoms with E-state index in [1.54, 1.807) is 30.5 Å². The van der Waals surface area contributed by atoms with Crippen molar-refractivity contribution in [2.45, 2.75) is 72.7 Å². The van der Waals surface area contributed by atoms with E-state index in [-0.39, 0.29) is 31.2 Å². The second-order valence-corrected chi connectivity index (χ2v) is 15.5. The van der Waals surface area contributed by atoms with Crippen LogP contribution in [-0.4, -0.2) is 20.7 Å². The summed E-state index contributed by atoms with van der Waals surface area (Å²) in [5.41, 5.74) is 6.77. The van der Waals surface area contributed by atoms with Crippen molar-refractivity contribution in [3.63, 3.8) is 0 Å². The molecular weight excluding hydrogens is 940 g/mol. The minimum atomic E-state index is -4.66. The van der Waals surface area contributed by atoms with E-state index in [2.05, 4.69) is 17.1 Å². The SMILES string of the molecule is [2H]C([2H])([2H])c1c[c-]c(-c2nc3ccccc3n2-c2c(C([2H])(C)C)cccc2C([2H])(C)C)cc1-c1ccccc1.[2H]C([2H])(c1ccc(-c2ccc(-c3[c-]cccc3)nc2)cc1)C(C)(C)C(F)(F)F.[Ir]. The summed E-state index contributed by atoms with van der Waals surface area (Å²) in [4.78, 5) is 9.41. The Bertz CT molecular complexity index is 2960. The van der Waals surface area contributed by atoms with Gasteiger partial charge in [-0.2, -0.15) is 13.2 Å². The number of fused-ring (bicyclic) bond motifs is 1. The number of rotatable bonds is 9. The number of hydrogen-bond donors (Lipinski definition) is 0. The van der Waals surface area contributed by atoms with Crippen LogP contribution < -0.4 is 0 Å². The van der Waals surface area contributed by atoms with Gasteiger partial charge in [-0.1, -0.05) is 151 Å². The van der Waals surface area contributed by atoms with E-state index in [0.29, 0.717) is 17.0 Å². The van der Waals surface area contributed by atoms with Crippen LogP contribution in [-0.2, 0) is 26.5 Å². The molecule has 8 aromatic rings. The van der Waals surface area contributed by atoms with Gasteiger partial charge in [-0.3, -0.25) is 4.98 Å². The van der Waals surface area contributed by atoms with Gasteiger partial charge in [-0.25, -0.2) is 0 Å². The molecule has 0 N–H and O–H groups in total. The second kappa shape index (κ2) is 19.0. The molecule has 3 nitrogen and oxygen atoms in total. The third kappa shape index (κ3) is 9.96. The van der Waals surface area contributed by atoms with Gasteiger partial charge in [0.15, 0.2) is 0 Å². The van der Waals surface area contributed by atoms with Gasteiger partial charge in [0.05, 0.1) is 22.3 Å². The Morgan fingerprint density at radius 3 is 1.98 bits per heavy atom. The van der Waals surface area contributed by atoms with E-state index in [0.717, 1.165) is 69.6 Å². The first-order valence-electron chi connectivity index (χ1n) is 23.2. The Kier molecular flexibility index (Phi) is 11.2. The van der Waals surface area contributed by atoms with Crippen LogP contribution in [0.3, 0.4) is 0 Å². The van der Waals surface area contributed by atoms with Crippen LogP contribution in [0.25, 0.3) is 61.6 Å². The van der Waals surface area contributed by atoms with E-state index >= 15 is 0 Å². The topological polar surface area (TPSA) is 30.7 Å². The maximum Gasteiger partial charge on any atom is 0.394 e. The van der Waals surface area contributed by atoms with Gasteiger partial charge in [-0.15, -0.1) is 65.2 Å². The summed E-state index contributed by atoms with van der Waals surface area (Å²) in [5.74, 6) is -1.33. The van der Waals surface area contributed by atoms with Crippen molar-refractivity contribution in [2.75, 3.05) is 0 Å². The summed E-state index contributed by atoms with van der Waals surface area (Å²) in [5, 5.41) is 0. The fourth-order valence-electron chi connectivity index (χ4n) is 6.96. The molecule has 0 saturated carbocycles. The zero-order chi connectivity index (χ0) is 48.7. The predicted molar refractivity (Wildman–Crippen MR) is 241 cm³/mol. The number of halogens is 3. The molecule has 1 radical (unpaired) electrons.